The highest BCUT2D eigenvalue weighted by atomic mass is 16.1. The first kappa shape index (κ1) is 24.5. The molecule has 0 spiro atoms. The third-order valence-corrected chi connectivity index (χ3v) is 7.80. The summed E-state index contributed by atoms with van der Waals surface area (Å²) in [5, 5.41) is 6.96. The third-order valence-electron chi connectivity index (χ3n) is 7.80. The zero-order valence-electron chi connectivity index (χ0n) is 21.4. The molecule has 3 aromatic rings. The van der Waals surface area contributed by atoms with E-state index in [-0.39, 0.29) is 18.0 Å². The van der Waals surface area contributed by atoms with Crippen LogP contribution < -0.4 is 10.6 Å². The minimum Gasteiger partial charge on any atom is -0.378 e. The van der Waals surface area contributed by atoms with E-state index in [9.17, 15) is 4.79 Å². The molecule has 6 heteroatoms. The number of amides is 1. The van der Waals surface area contributed by atoms with E-state index in [0.717, 1.165) is 50.4 Å². The van der Waals surface area contributed by atoms with Crippen molar-refractivity contribution in [2.45, 2.75) is 38.9 Å². The van der Waals surface area contributed by atoms with E-state index in [2.05, 4.69) is 87.8 Å². The molecule has 1 saturated heterocycles. The van der Waals surface area contributed by atoms with Crippen molar-refractivity contribution in [3.8, 4) is 0 Å². The second kappa shape index (κ2) is 11.2. The summed E-state index contributed by atoms with van der Waals surface area (Å²) in [4.78, 5) is 22.3. The molecule has 2 aliphatic rings. The quantitative estimate of drug-likeness (QED) is 0.454. The standard InChI is InChI=1S/C30H37N5O/c1-3-34(4-2)18-16-32-30(36)24-12-13-27-26(19-24)29-25(28(33-27)23-10-6-5-7-11-23)14-17-35(29)21-22-9-8-15-31-20-22/h5-13,15,19-20,25,28-29,33H,3-4,14,16-18,21H2,1-2H3,(H,32,36). The maximum atomic E-state index is 13.1. The molecular weight excluding hydrogens is 446 g/mol. The molecule has 0 bridgehead atoms. The normalized spacial score (nSPS) is 21.0. The number of hydrogen-bond acceptors (Lipinski definition) is 5. The highest BCUT2D eigenvalue weighted by Gasteiger charge is 2.44. The van der Waals surface area contributed by atoms with E-state index < -0.39 is 0 Å². The predicted molar refractivity (Wildman–Crippen MR) is 145 cm³/mol. The minimum atomic E-state index is 0.00324. The molecule has 2 N–H and O–H groups in total. The lowest BCUT2D eigenvalue weighted by atomic mass is 9.79. The molecule has 2 aliphatic heterocycles. The summed E-state index contributed by atoms with van der Waals surface area (Å²) in [5.74, 6) is 0.432. The number of carbonyl (C=O) groups is 1. The van der Waals surface area contributed by atoms with Gasteiger partial charge in [0.2, 0.25) is 0 Å². The maximum Gasteiger partial charge on any atom is 0.251 e. The summed E-state index contributed by atoms with van der Waals surface area (Å²) >= 11 is 0. The van der Waals surface area contributed by atoms with Crippen LogP contribution in [-0.4, -0.2) is 53.4 Å². The lowest BCUT2D eigenvalue weighted by molar-refractivity contribution is 0.0948. The highest BCUT2D eigenvalue weighted by Crippen LogP contribution is 2.51. The van der Waals surface area contributed by atoms with Crippen LogP contribution in [0.15, 0.2) is 73.1 Å². The van der Waals surface area contributed by atoms with Crippen LogP contribution >= 0.6 is 0 Å². The minimum absolute atomic E-state index is 0.00324. The fourth-order valence-corrected chi connectivity index (χ4v) is 5.88. The van der Waals surface area contributed by atoms with Crippen molar-refractivity contribution >= 4 is 11.6 Å². The Morgan fingerprint density at radius 2 is 1.94 bits per heavy atom. The maximum absolute atomic E-state index is 13.1. The number of carbonyl (C=O) groups excluding carboxylic acids is 1. The van der Waals surface area contributed by atoms with Gasteiger partial charge in [-0.05, 0) is 67.0 Å². The molecule has 1 amide bonds. The van der Waals surface area contributed by atoms with Crippen molar-refractivity contribution in [1.29, 1.82) is 0 Å². The van der Waals surface area contributed by atoms with Gasteiger partial charge < -0.3 is 15.5 Å². The fourth-order valence-electron chi connectivity index (χ4n) is 5.88. The van der Waals surface area contributed by atoms with Crippen molar-refractivity contribution in [3.63, 3.8) is 0 Å². The Balaban J connectivity index is 1.42. The van der Waals surface area contributed by atoms with Gasteiger partial charge in [0.15, 0.2) is 0 Å². The Morgan fingerprint density at radius 3 is 2.69 bits per heavy atom. The number of rotatable bonds is 9. The number of anilines is 1. The molecule has 3 heterocycles. The average molecular weight is 484 g/mol. The zero-order valence-corrected chi connectivity index (χ0v) is 21.4. The van der Waals surface area contributed by atoms with E-state index in [1.807, 2.05) is 24.5 Å². The first-order valence-electron chi connectivity index (χ1n) is 13.3. The molecular formula is C30H37N5O. The molecule has 3 atom stereocenters. The third kappa shape index (κ3) is 5.15. The SMILES string of the molecule is CCN(CC)CCNC(=O)c1ccc2c(c1)C1C(CCN1Cc1cccnc1)C(c1ccccc1)N2. The number of nitrogens with one attached hydrogen (secondary N) is 2. The monoisotopic (exact) mass is 483 g/mol. The molecule has 6 nitrogen and oxygen atoms in total. The molecule has 1 fully saturated rings. The van der Waals surface area contributed by atoms with E-state index in [1.54, 1.807) is 0 Å². The van der Waals surface area contributed by atoms with Gasteiger partial charge in [0.1, 0.15) is 0 Å². The topological polar surface area (TPSA) is 60.5 Å². The van der Waals surface area contributed by atoms with Gasteiger partial charge in [-0.1, -0.05) is 50.2 Å². The summed E-state index contributed by atoms with van der Waals surface area (Å²) in [6.07, 6.45) is 4.90. The average Bonchev–Trinajstić information content (AvgIpc) is 3.35. The van der Waals surface area contributed by atoms with Crippen LogP contribution in [-0.2, 0) is 6.54 Å². The van der Waals surface area contributed by atoms with Crippen LogP contribution in [0.3, 0.4) is 0 Å². The van der Waals surface area contributed by atoms with E-state index in [0.29, 0.717) is 12.5 Å². The molecule has 188 valence electrons. The van der Waals surface area contributed by atoms with Crippen LogP contribution in [0.25, 0.3) is 0 Å². The Kier molecular flexibility index (Phi) is 7.63. The van der Waals surface area contributed by atoms with Crippen LogP contribution in [0.5, 0.6) is 0 Å². The first-order valence-corrected chi connectivity index (χ1v) is 13.3. The number of fused-ring (bicyclic) bond motifs is 3. The Hall–Kier alpha value is -3.22. The van der Waals surface area contributed by atoms with Crippen molar-refractivity contribution in [2.24, 2.45) is 5.92 Å². The van der Waals surface area contributed by atoms with Gasteiger partial charge in [0.05, 0.1) is 6.04 Å². The molecule has 0 radical (unpaired) electrons. The molecule has 1 aromatic heterocycles. The molecule has 3 unspecified atom stereocenters. The number of pyridine rings is 1. The van der Waals surface area contributed by atoms with Gasteiger partial charge in [0, 0.05) is 55.2 Å². The van der Waals surface area contributed by atoms with Crippen LogP contribution in [0.2, 0.25) is 0 Å². The number of benzene rings is 2. The van der Waals surface area contributed by atoms with Crippen LogP contribution in [0, 0.1) is 5.92 Å². The summed E-state index contributed by atoms with van der Waals surface area (Å²) in [6.45, 7) is 9.70. The van der Waals surface area contributed by atoms with Gasteiger partial charge in [0.25, 0.3) is 5.91 Å². The largest absolute Gasteiger partial charge is 0.378 e. The second-order valence-corrected chi connectivity index (χ2v) is 9.85. The van der Waals surface area contributed by atoms with Gasteiger partial charge in [-0.25, -0.2) is 0 Å². The predicted octanol–water partition coefficient (Wildman–Crippen LogP) is 4.88. The Bertz CT molecular complexity index is 1150. The lowest BCUT2D eigenvalue weighted by Gasteiger charge is -2.40. The van der Waals surface area contributed by atoms with E-state index in [1.165, 1.54) is 16.7 Å². The molecule has 0 saturated carbocycles. The van der Waals surface area contributed by atoms with Gasteiger partial charge in [-0.3, -0.25) is 14.7 Å². The molecule has 0 aliphatic carbocycles. The van der Waals surface area contributed by atoms with Gasteiger partial charge in [-0.2, -0.15) is 0 Å². The van der Waals surface area contributed by atoms with Gasteiger partial charge in [-0.15, -0.1) is 0 Å². The highest BCUT2D eigenvalue weighted by molar-refractivity contribution is 5.95. The van der Waals surface area contributed by atoms with Gasteiger partial charge >= 0.3 is 0 Å². The summed E-state index contributed by atoms with van der Waals surface area (Å²) in [6, 6.07) is 21.6. The number of aromatic nitrogens is 1. The summed E-state index contributed by atoms with van der Waals surface area (Å²) in [7, 11) is 0. The fraction of sp³-hybridized carbons (Fsp3) is 0.400. The number of likely N-dealkylation sites (N-methyl/N-ethyl adjacent to an activating group) is 1. The zero-order chi connectivity index (χ0) is 24.9. The summed E-state index contributed by atoms with van der Waals surface area (Å²) < 4.78 is 0. The number of likely N-dealkylation sites (tertiary alicyclic amines) is 1. The molecule has 5 rings (SSSR count). The van der Waals surface area contributed by atoms with E-state index >= 15 is 0 Å². The number of nitrogens with zero attached hydrogens (tertiary/aromatic N) is 3. The number of hydrogen-bond donors (Lipinski definition) is 2. The lowest BCUT2D eigenvalue weighted by Crippen LogP contribution is -2.36. The first-order chi connectivity index (χ1) is 17.7. The Labute approximate surface area is 214 Å². The molecule has 2 aromatic carbocycles. The molecule has 36 heavy (non-hydrogen) atoms. The van der Waals surface area contributed by atoms with Crippen molar-refractivity contribution < 1.29 is 4.79 Å². The summed E-state index contributed by atoms with van der Waals surface area (Å²) in [5.41, 5.74) is 5.63. The van der Waals surface area contributed by atoms with Crippen molar-refractivity contribution in [2.75, 3.05) is 38.0 Å². The second-order valence-electron chi connectivity index (χ2n) is 9.85. The van der Waals surface area contributed by atoms with Crippen molar-refractivity contribution in [3.05, 3.63) is 95.3 Å². The van der Waals surface area contributed by atoms with E-state index in [4.69, 9.17) is 0 Å². The van der Waals surface area contributed by atoms with Crippen LogP contribution in [0.1, 0.15) is 59.4 Å². The van der Waals surface area contributed by atoms with Crippen LogP contribution in [0.4, 0.5) is 5.69 Å². The smallest absolute Gasteiger partial charge is 0.251 e. The Morgan fingerprint density at radius 1 is 1.11 bits per heavy atom. The van der Waals surface area contributed by atoms with Crippen molar-refractivity contribution in [1.82, 2.24) is 20.1 Å².